The van der Waals surface area contributed by atoms with E-state index in [9.17, 15) is 4.79 Å². The first kappa shape index (κ1) is 22.4. The van der Waals surface area contributed by atoms with Gasteiger partial charge in [0, 0.05) is 61.2 Å². The van der Waals surface area contributed by atoms with E-state index in [4.69, 9.17) is 0 Å². The van der Waals surface area contributed by atoms with Gasteiger partial charge in [0.25, 0.3) is 5.91 Å². The zero-order chi connectivity index (χ0) is 22.5. The van der Waals surface area contributed by atoms with Crippen molar-refractivity contribution in [2.24, 2.45) is 0 Å². The summed E-state index contributed by atoms with van der Waals surface area (Å²) >= 11 is 3.96. The molecule has 6 heteroatoms. The average molecular weight is 476 g/mol. The van der Waals surface area contributed by atoms with Gasteiger partial charge < -0.3 is 10.2 Å². The predicted molar refractivity (Wildman–Crippen MR) is 142 cm³/mol. The van der Waals surface area contributed by atoms with E-state index in [1.165, 1.54) is 28.3 Å². The molecule has 0 aliphatic carbocycles. The second-order valence-electron chi connectivity index (χ2n) is 8.45. The fourth-order valence-electron chi connectivity index (χ4n) is 4.31. The topological polar surface area (TPSA) is 35.6 Å². The summed E-state index contributed by atoms with van der Waals surface area (Å²) in [6.45, 7) is 5.16. The van der Waals surface area contributed by atoms with Gasteiger partial charge in [0.15, 0.2) is 0 Å². The first-order valence-electron chi connectivity index (χ1n) is 11.5. The molecular formula is C27H29N3OS2. The van der Waals surface area contributed by atoms with Gasteiger partial charge in [-0.1, -0.05) is 42.5 Å². The Morgan fingerprint density at radius 3 is 2.15 bits per heavy atom. The largest absolute Gasteiger partial charge is 0.369 e. The number of benzene rings is 3. The highest BCUT2D eigenvalue weighted by Gasteiger charge is 2.19. The van der Waals surface area contributed by atoms with E-state index < -0.39 is 0 Å². The highest BCUT2D eigenvalue weighted by Crippen LogP contribution is 2.45. The number of carbonyl (C=O) groups is 1. The summed E-state index contributed by atoms with van der Waals surface area (Å²) in [4.78, 5) is 17.6. The average Bonchev–Trinajstić information content (AvgIpc) is 3.41. The Kier molecular flexibility index (Phi) is 7.24. The summed E-state index contributed by atoms with van der Waals surface area (Å²) in [5.74, 6) is 2.35. The summed E-state index contributed by atoms with van der Waals surface area (Å²) in [7, 11) is 0. The third kappa shape index (κ3) is 5.75. The molecule has 0 atom stereocenters. The molecule has 3 aromatic carbocycles. The molecule has 33 heavy (non-hydrogen) atoms. The molecule has 0 unspecified atom stereocenters. The molecule has 1 N–H and O–H groups in total. The molecule has 2 fully saturated rings. The molecule has 170 valence electrons. The summed E-state index contributed by atoms with van der Waals surface area (Å²) < 4.78 is 0.509. The van der Waals surface area contributed by atoms with Crippen LogP contribution in [0.2, 0.25) is 0 Å². The highest BCUT2D eigenvalue weighted by atomic mass is 32.2. The van der Waals surface area contributed by atoms with Crippen LogP contribution in [0.5, 0.6) is 0 Å². The van der Waals surface area contributed by atoms with Gasteiger partial charge >= 0.3 is 0 Å². The summed E-state index contributed by atoms with van der Waals surface area (Å²) in [5, 5.41) is 3.04. The molecule has 2 saturated heterocycles. The number of carbonyl (C=O) groups excluding carboxylic acids is 1. The lowest BCUT2D eigenvalue weighted by atomic mass is 10.1. The van der Waals surface area contributed by atoms with Gasteiger partial charge in [-0.3, -0.25) is 9.69 Å². The molecule has 0 spiro atoms. The molecule has 5 rings (SSSR count). The second-order valence-corrected chi connectivity index (χ2v) is 11.2. The van der Waals surface area contributed by atoms with Crippen LogP contribution in [0, 0.1) is 0 Å². The Balaban J connectivity index is 1.13. The van der Waals surface area contributed by atoms with E-state index in [0.29, 0.717) is 10.1 Å². The van der Waals surface area contributed by atoms with Crippen molar-refractivity contribution in [1.29, 1.82) is 0 Å². The van der Waals surface area contributed by atoms with E-state index in [1.807, 2.05) is 47.8 Å². The lowest BCUT2D eigenvalue weighted by Gasteiger charge is -2.36. The number of thioether (sulfide) groups is 2. The smallest absolute Gasteiger partial charge is 0.255 e. The molecule has 0 aromatic heterocycles. The van der Waals surface area contributed by atoms with Gasteiger partial charge in [0.2, 0.25) is 0 Å². The van der Waals surface area contributed by atoms with Crippen LogP contribution in [0.25, 0.3) is 0 Å². The van der Waals surface area contributed by atoms with Crippen molar-refractivity contribution in [1.82, 2.24) is 4.90 Å². The maximum Gasteiger partial charge on any atom is 0.255 e. The maximum absolute atomic E-state index is 12.7. The Morgan fingerprint density at radius 2 is 1.48 bits per heavy atom. The Hall–Kier alpha value is -2.41. The fourth-order valence-corrected chi connectivity index (χ4v) is 7.17. The van der Waals surface area contributed by atoms with Gasteiger partial charge in [-0.2, -0.15) is 0 Å². The lowest BCUT2D eigenvalue weighted by molar-refractivity contribution is 0.102. The molecular weight excluding hydrogens is 446 g/mol. The van der Waals surface area contributed by atoms with Crippen molar-refractivity contribution < 1.29 is 4.79 Å². The number of amides is 1. The molecule has 4 nitrogen and oxygen atoms in total. The SMILES string of the molecule is O=C(Nc1ccc(N2CCN(Cc3ccccc3)CC2)cc1)c1ccc(C2SCCS2)cc1. The van der Waals surface area contributed by atoms with E-state index in [0.717, 1.165) is 38.4 Å². The van der Waals surface area contributed by atoms with Crippen LogP contribution < -0.4 is 10.2 Å². The molecule has 2 heterocycles. The van der Waals surface area contributed by atoms with E-state index in [2.05, 4.69) is 69.7 Å². The van der Waals surface area contributed by atoms with Gasteiger partial charge in [0.05, 0.1) is 4.58 Å². The van der Waals surface area contributed by atoms with Crippen molar-refractivity contribution in [2.45, 2.75) is 11.1 Å². The number of nitrogens with one attached hydrogen (secondary N) is 1. The highest BCUT2D eigenvalue weighted by molar-refractivity contribution is 8.19. The van der Waals surface area contributed by atoms with Crippen LogP contribution in [0.4, 0.5) is 11.4 Å². The van der Waals surface area contributed by atoms with Crippen molar-refractivity contribution in [2.75, 3.05) is 47.9 Å². The molecule has 1 amide bonds. The van der Waals surface area contributed by atoms with Gasteiger partial charge in [-0.15, -0.1) is 23.5 Å². The quantitative estimate of drug-likeness (QED) is 0.492. The van der Waals surface area contributed by atoms with Crippen LogP contribution >= 0.6 is 23.5 Å². The van der Waals surface area contributed by atoms with E-state index in [1.54, 1.807) is 0 Å². The molecule has 0 bridgehead atoms. The molecule has 2 aliphatic rings. The van der Waals surface area contributed by atoms with Crippen LogP contribution in [0.3, 0.4) is 0 Å². The Morgan fingerprint density at radius 1 is 0.818 bits per heavy atom. The third-order valence-electron chi connectivity index (χ3n) is 6.18. The summed E-state index contributed by atoms with van der Waals surface area (Å²) in [5.41, 5.74) is 5.41. The molecule has 0 saturated carbocycles. The van der Waals surface area contributed by atoms with Crippen LogP contribution in [-0.4, -0.2) is 48.5 Å². The number of piperazine rings is 1. The molecule has 2 aliphatic heterocycles. The number of nitrogens with zero attached hydrogens (tertiary/aromatic N) is 2. The first-order valence-corrected chi connectivity index (χ1v) is 13.6. The summed E-state index contributed by atoms with van der Waals surface area (Å²) in [6, 6.07) is 27.0. The number of hydrogen-bond acceptors (Lipinski definition) is 5. The summed E-state index contributed by atoms with van der Waals surface area (Å²) in [6.07, 6.45) is 0. The van der Waals surface area contributed by atoms with Gasteiger partial charge in [-0.05, 0) is 47.5 Å². The Labute approximate surface area is 204 Å². The van der Waals surface area contributed by atoms with Crippen molar-refractivity contribution in [3.05, 3.63) is 95.6 Å². The lowest BCUT2D eigenvalue weighted by Crippen LogP contribution is -2.45. The van der Waals surface area contributed by atoms with Crippen molar-refractivity contribution >= 4 is 40.8 Å². The molecule has 0 radical (unpaired) electrons. The Bertz CT molecular complexity index is 1040. The zero-order valence-corrected chi connectivity index (χ0v) is 20.3. The van der Waals surface area contributed by atoms with Gasteiger partial charge in [-0.25, -0.2) is 0 Å². The minimum atomic E-state index is -0.0597. The monoisotopic (exact) mass is 475 g/mol. The van der Waals surface area contributed by atoms with Crippen LogP contribution in [0.1, 0.15) is 26.1 Å². The van der Waals surface area contributed by atoms with Crippen molar-refractivity contribution in [3.63, 3.8) is 0 Å². The number of rotatable bonds is 6. The second kappa shape index (κ2) is 10.7. The molecule has 3 aromatic rings. The number of hydrogen-bond donors (Lipinski definition) is 1. The van der Waals surface area contributed by atoms with Gasteiger partial charge in [0.1, 0.15) is 0 Å². The predicted octanol–water partition coefficient (Wildman–Crippen LogP) is 5.74. The minimum absolute atomic E-state index is 0.0597. The van der Waals surface area contributed by atoms with E-state index >= 15 is 0 Å². The normalized spacial score (nSPS) is 17.3. The minimum Gasteiger partial charge on any atom is -0.369 e. The van der Waals surface area contributed by atoms with Crippen LogP contribution in [-0.2, 0) is 6.54 Å². The first-order chi connectivity index (χ1) is 16.2. The van der Waals surface area contributed by atoms with Crippen molar-refractivity contribution in [3.8, 4) is 0 Å². The third-order valence-corrected chi connectivity index (χ3v) is 9.28. The zero-order valence-electron chi connectivity index (χ0n) is 18.7. The standard InChI is InChI=1S/C27H29N3OS2/c31-26(22-6-8-23(9-7-22)27-32-18-19-33-27)28-24-10-12-25(13-11-24)30-16-14-29(15-17-30)20-21-4-2-1-3-5-21/h1-13,27H,14-20H2,(H,28,31). The fraction of sp³-hybridized carbons (Fsp3) is 0.296. The van der Waals surface area contributed by atoms with Crippen LogP contribution in [0.15, 0.2) is 78.9 Å². The maximum atomic E-state index is 12.7. The number of anilines is 2. The van der Waals surface area contributed by atoms with E-state index in [-0.39, 0.29) is 5.91 Å².